The van der Waals surface area contributed by atoms with E-state index in [2.05, 4.69) is 24.7 Å². The lowest BCUT2D eigenvalue weighted by atomic mass is 10.2. The summed E-state index contributed by atoms with van der Waals surface area (Å²) >= 11 is 4.21. The maximum Gasteiger partial charge on any atom is 0.0636 e. The lowest BCUT2D eigenvalue weighted by molar-refractivity contribution is 0.730. The average Bonchev–Trinajstić information content (AvgIpc) is 2.09. The Balaban J connectivity index is 3.20. The van der Waals surface area contributed by atoms with E-state index in [-0.39, 0.29) is 0 Å². The molecule has 0 N–H and O–H groups in total. The molecule has 0 unspecified atom stereocenters. The van der Waals surface area contributed by atoms with Gasteiger partial charge in [0.2, 0.25) is 0 Å². The summed E-state index contributed by atoms with van der Waals surface area (Å²) in [5.41, 5.74) is 3.56. The number of rotatable bonds is 1. The zero-order valence-electron chi connectivity index (χ0n) is 6.55. The predicted octanol–water partition coefficient (Wildman–Crippen LogP) is 1.47. The fourth-order valence-electron chi connectivity index (χ4n) is 1.05. The van der Waals surface area contributed by atoms with Gasteiger partial charge < -0.3 is 0 Å². The van der Waals surface area contributed by atoms with E-state index in [0.717, 1.165) is 11.4 Å². The molecule has 0 aliphatic heterocycles. The van der Waals surface area contributed by atoms with Crippen LogP contribution >= 0.6 is 12.6 Å². The van der Waals surface area contributed by atoms with Gasteiger partial charge in [-0.25, -0.2) is 0 Å². The van der Waals surface area contributed by atoms with Gasteiger partial charge in [0.05, 0.1) is 5.69 Å². The molecule has 0 aliphatic carbocycles. The van der Waals surface area contributed by atoms with Gasteiger partial charge in [-0.1, -0.05) is 0 Å². The first-order valence-corrected chi connectivity index (χ1v) is 3.90. The smallest absolute Gasteiger partial charge is 0.0636 e. The number of aromatic nitrogens is 2. The van der Waals surface area contributed by atoms with Crippen LogP contribution in [0, 0.1) is 13.8 Å². The third kappa shape index (κ3) is 1.06. The van der Waals surface area contributed by atoms with Crippen molar-refractivity contribution in [1.82, 2.24) is 9.78 Å². The molecule has 56 valence electrons. The van der Waals surface area contributed by atoms with Gasteiger partial charge in [-0.05, 0) is 13.8 Å². The van der Waals surface area contributed by atoms with Crippen LogP contribution in [-0.4, -0.2) is 9.78 Å². The number of thiol groups is 1. The van der Waals surface area contributed by atoms with Crippen LogP contribution in [0.1, 0.15) is 17.0 Å². The van der Waals surface area contributed by atoms with Crippen molar-refractivity contribution in [3.8, 4) is 0 Å². The summed E-state index contributed by atoms with van der Waals surface area (Å²) in [4.78, 5) is 0. The standard InChI is InChI=1S/C7H12N2S/c1-5-7(4-10)6(2)9(3)8-5/h10H,4H2,1-3H3. The van der Waals surface area contributed by atoms with Crippen LogP contribution in [0.2, 0.25) is 0 Å². The van der Waals surface area contributed by atoms with Gasteiger partial charge in [0.25, 0.3) is 0 Å². The van der Waals surface area contributed by atoms with E-state index in [1.54, 1.807) is 0 Å². The molecule has 1 heterocycles. The maximum atomic E-state index is 4.25. The zero-order chi connectivity index (χ0) is 7.72. The normalized spacial score (nSPS) is 10.4. The molecule has 10 heavy (non-hydrogen) atoms. The number of hydrogen-bond acceptors (Lipinski definition) is 2. The molecule has 0 aliphatic rings. The van der Waals surface area contributed by atoms with Crippen molar-refractivity contribution in [2.75, 3.05) is 0 Å². The monoisotopic (exact) mass is 156 g/mol. The Hall–Kier alpha value is -0.440. The topological polar surface area (TPSA) is 17.8 Å². The molecule has 0 saturated heterocycles. The number of aryl methyl sites for hydroxylation is 2. The Morgan fingerprint density at radius 1 is 1.50 bits per heavy atom. The Kier molecular flexibility index (Phi) is 2.04. The molecule has 1 aromatic heterocycles. The van der Waals surface area contributed by atoms with Crippen LogP contribution in [0.25, 0.3) is 0 Å². The summed E-state index contributed by atoms with van der Waals surface area (Å²) in [6.45, 7) is 4.07. The first kappa shape index (κ1) is 7.66. The molecule has 0 spiro atoms. The second-order valence-corrected chi connectivity index (χ2v) is 2.75. The first-order chi connectivity index (χ1) is 4.66. The third-order valence-corrected chi connectivity index (χ3v) is 2.13. The lowest BCUT2D eigenvalue weighted by Gasteiger charge is -1.94. The molecule has 0 radical (unpaired) electrons. The molecule has 0 fully saturated rings. The van der Waals surface area contributed by atoms with E-state index < -0.39 is 0 Å². The molecular formula is C7H12N2S. The molecule has 3 heteroatoms. The summed E-state index contributed by atoms with van der Waals surface area (Å²) in [5.74, 6) is 0.783. The minimum atomic E-state index is 0.783. The number of nitrogens with zero attached hydrogens (tertiary/aromatic N) is 2. The highest BCUT2D eigenvalue weighted by molar-refractivity contribution is 7.79. The lowest BCUT2D eigenvalue weighted by Crippen LogP contribution is -1.92. The molecular weight excluding hydrogens is 144 g/mol. The second kappa shape index (κ2) is 2.66. The van der Waals surface area contributed by atoms with Crippen molar-refractivity contribution < 1.29 is 0 Å². The zero-order valence-corrected chi connectivity index (χ0v) is 7.44. The Morgan fingerprint density at radius 2 is 2.10 bits per heavy atom. The fourth-order valence-corrected chi connectivity index (χ4v) is 1.50. The van der Waals surface area contributed by atoms with Gasteiger partial charge in [-0.2, -0.15) is 17.7 Å². The molecule has 1 rings (SSSR count). The SMILES string of the molecule is Cc1nn(C)c(C)c1CS. The minimum Gasteiger partial charge on any atom is -0.272 e. The molecule has 0 bridgehead atoms. The van der Waals surface area contributed by atoms with Crippen LogP contribution in [0.4, 0.5) is 0 Å². The minimum absolute atomic E-state index is 0.783. The van der Waals surface area contributed by atoms with Gasteiger partial charge in [0.15, 0.2) is 0 Å². The summed E-state index contributed by atoms with van der Waals surface area (Å²) in [5, 5.41) is 4.25. The van der Waals surface area contributed by atoms with Crippen LogP contribution in [0.5, 0.6) is 0 Å². The highest BCUT2D eigenvalue weighted by atomic mass is 32.1. The van der Waals surface area contributed by atoms with E-state index in [0.29, 0.717) is 0 Å². The van der Waals surface area contributed by atoms with Gasteiger partial charge in [-0.3, -0.25) is 4.68 Å². The van der Waals surface area contributed by atoms with Crippen molar-refractivity contribution in [3.63, 3.8) is 0 Å². The van der Waals surface area contributed by atoms with Gasteiger partial charge >= 0.3 is 0 Å². The van der Waals surface area contributed by atoms with Crippen LogP contribution in [0.15, 0.2) is 0 Å². The summed E-state index contributed by atoms with van der Waals surface area (Å²) in [6, 6.07) is 0. The third-order valence-electron chi connectivity index (χ3n) is 1.82. The van der Waals surface area contributed by atoms with Crippen molar-refractivity contribution in [2.45, 2.75) is 19.6 Å². The Labute approximate surface area is 66.7 Å². The van der Waals surface area contributed by atoms with E-state index in [9.17, 15) is 0 Å². The highest BCUT2D eigenvalue weighted by Crippen LogP contribution is 2.13. The fraction of sp³-hybridized carbons (Fsp3) is 0.571. The van der Waals surface area contributed by atoms with Crippen LogP contribution in [0.3, 0.4) is 0 Å². The maximum absolute atomic E-state index is 4.25. The van der Waals surface area contributed by atoms with Crippen LogP contribution in [-0.2, 0) is 12.8 Å². The van der Waals surface area contributed by atoms with Gasteiger partial charge in [0, 0.05) is 24.1 Å². The number of hydrogen-bond donors (Lipinski definition) is 1. The second-order valence-electron chi connectivity index (χ2n) is 2.43. The van der Waals surface area contributed by atoms with Crippen molar-refractivity contribution >= 4 is 12.6 Å². The Bertz CT molecular complexity index is 240. The average molecular weight is 156 g/mol. The van der Waals surface area contributed by atoms with Gasteiger partial charge in [-0.15, -0.1) is 0 Å². The quantitative estimate of drug-likeness (QED) is 0.610. The van der Waals surface area contributed by atoms with Crippen molar-refractivity contribution in [1.29, 1.82) is 0 Å². The molecule has 0 amide bonds. The van der Waals surface area contributed by atoms with Crippen molar-refractivity contribution in [2.24, 2.45) is 7.05 Å². The first-order valence-electron chi connectivity index (χ1n) is 3.26. The molecule has 0 atom stereocenters. The summed E-state index contributed by atoms with van der Waals surface area (Å²) in [7, 11) is 1.95. The van der Waals surface area contributed by atoms with Crippen LogP contribution < -0.4 is 0 Å². The van der Waals surface area contributed by atoms with E-state index >= 15 is 0 Å². The Morgan fingerprint density at radius 3 is 2.30 bits per heavy atom. The largest absolute Gasteiger partial charge is 0.272 e. The van der Waals surface area contributed by atoms with E-state index in [4.69, 9.17) is 0 Å². The van der Waals surface area contributed by atoms with Crippen molar-refractivity contribution in [3.05, 3.63) is 17.0 Å². The highest BCUT2D eigenvalue weighted by Gasteiger charge is 2.05. The molecule has 1 aromatic rings. The molecule has 0 saturated carbocycles. The molecule has 0 aromatic carbocycles. The van der Waals surface area contributed by atoms with Gasteiger partial charge in [0.1, 0.15) is 0 Å². The molecule has 2 nitrogen and oxygen atoms in total. The van der Waals surface area contributed by atoms with E-state index in [1.807, 2.05) is 18.7 Å². The predicted molar refractivity (Wildman–Crippen MR) is 45.4 cm³/mol. The summed E-state index contributed by atoms with van der Waals surface area (Å²) < 4.78 is 1.89. The summed E-state index contributed by atoms with van der Waals surface area (Å²) in [6.07, 6.45) is 0. The van der Waals surface area contributed by atoms with E-state index in [1.165, 1.54) is 11.3 Å².